The smallest absolute Gasteiger partial charge is 0.265 e. The maximum atomic E-state index is 13.3. The third kappa shape index (κ3) is 3.84. The lowest BCUT2D eigenvalue weighted by molar-refractivity contribution is -0.118. The van der Waals surface area contributed by atoms with Gasteiger partial charge in [-0.1, -0.05) is 17.3 Å². The van der Waals surface area contributed by atoms with Crippen LogP contribution in [0, 0.1) is 26.6 Å². The van der Waals surface area contributed by atoms with E-state index >= 15 is 0 Å². The highest BCUT2D eigenvalue weighted by Crippen LogP contribution is 2.33. The number of halogens is 1. The van der Waals surface area contributed by atoms with Crippen LogP contribution in [0.15, 0.2) is 47.0 Å². The molecule has 152 valence electrons. The number of benzene rings is 2. The van der Waals surface area contributed by atoms with Gasteiger partial charge in [0.05, 0.1) is 0 Å². The van der Waals surface area contributed by atoms with Gasteiger partial charge >= 0.3 is 0 Å². The van der Waals surface area contributed by atoms with Gasteiger partial charge in [-0.2, -0.15) is 9.97 Å². The van der Waals surface area contributed by atoms with Gasteiger partial charge in [-0.15, -0.1) is 0 Å². The quantitative estimate of drug-likeness (QED) is 0.529. The van der Waals surface area contributed by atoms with E-state index in [1.807, 2.05) is 32.0 Å². The van der Waals surface area contributed by atoms with Gasteiger partial charge in [0.2, 0.25) is 5.88 Å². The highest BCUT2D eigenvalue weighted by Gasteiger charge is 2.20. The first-order chi connectivity index (χ1) is 14.4. The summed E-state index contributed by atoms with van der Waals surface area (Å²) in [4.78, 5) is 21.0. The topological polar surface area (TPSA) is 90.1 Å². The minimum absolute atomic E-state index is 0.175. The summed E-state index contributed by atoms with van der Waals surface area (Å²) >= 11 is 0. The van der Waals surface area contributed by atoms with Crippen molar-refractivity contribution >= 4 is 22.7 Å². The molecule has 7 nitrogen and oxygen atoms in total. The van der Waals surface area contributed by atoms with Gasteiger partial charge in [0.1, 0.15) is 22.7 Å². The van der Waals surface area contributed by atoms with Crippen molar-refractivity contribution < 1.29 is 18.4 Å². The second-order valence-electron chi connectivity index (χ2n) is 6.88. The van der Waals surface area contributed by atoms with E-state index in [1.54, 1.807) is 19.1 Å². The minimum atomic E-state index is -0.363. The molecular formula is C22H19FN4O3. The maximum Gasteiger partial charge on any atom is 0.265 e. The number of nitrogens with one attached hydrogen (secondary N) is 1. The van der Waals surface area contributed by atoms with Crippen LogP contribution in [0.25, 0.3) is 22.4 Å². The molecule has 0 atom stereocenters. The molecule has 4 rings (SSSR count). The molecule has 1 N–H and O–H groups in total. The number of rotatable bonds is 5. The van der Waals surface area contributed by atoms with Crippen LogP contribution in [0.2, 0.25) is 0 Å². The van der Waals surface area contributed by atoms with Crippen LogP contribution in [-0.4, -0.2) is 27.6 Å². The molecule has 4 aromatic rings. The Balaban J connectivity index is 1.60. The molecule has 0 unspecified atom stereocenters. The fraction of sp³-hybridized carbons (Fsp3) is 0.182. The third-order valence-electron chi connectivity index (χ3n) is 4.75. The lowest BCUT2D eigenvalue weighted by Crippen LogP contribution is -2.21. The number of aromatic nitrogens is 3. The summed E-state index contributed by atoms with van der Waals surface area (Å²) < 4.78 is 24.3. The fourth-order valence-corrected chi connectivity index (χ4v) is 3.04. The van der Waals surface area contributed by atoms with Crippen LogP contribution in [0.1, 0.15) is 17.0 Å². The van der Waals surface area contributed by atoms with Crippen molar-refractivity contribution in [2.24, 2.45) is 0 Å². The number of nitrogens with zero attached hydrogens (tertiary/aromatic N) is 3. The summed E-state index contributed by atoms with van der Waals surface area (Å²) in [5.74, 6) is -0.102. The Hall–Kier alpha value is -3.81. The van der Waals surface area contributed by atoms with Crippen molar-refractivity contribution in [2.75, 3.05) is 11.9 Å². The zero-order valence-electron chi connectivity index (χ0n) is 16.7. The molecule has 0 aliphatic rings. The average molecular weight is 406 g/mol. The molecule has 2 heterocycles. The zero-order chi connectivity index (χ0) is 21.3. The van der Waals surface area contributed by atoms with Crippen molar-refractivity contribution in [1.82, 2.24) is 15.1 Å². The van der Waals surface area contributed by atoms with Gasteiger partial charge in [-0.25, -0.2) is 4.39 Å². The number of anilines is 1. The molecule has 0 aliphatic heterocycles. The van der Waals surface area contributed by atoms with Crippen molar-refractivity contribution in [3.63, 3.8) is 0 Å². The Morgan fingerprint density at radius 2 is 1.87 bits per heavy atom. The van der Waals surface area contributed by atoms with E-state index < -0.39 is 0 Å². The Kier molecular flexibility index (Phi) is 5.14. The first-order valence-corrected chi connectivity index (χ1v) is 9.31. The lowest BCUT2D eigenvalue weighted by atomic mass is 10.1. The van der Waals surface area contributed by atoms with Crippen molar-refractivity contribution in [3.05, 3.63) is 65.2 Å². The molecule has 30 heavy (non-hydrogen) atoms. The number of ether oxygens (including phenoxy) is 1. The fourth-order valence-electron chi connectivity index (χ4n) is 3.04. The second kappa shape index (κ2) is 7.90. The van der Waals surface area contributed by atoms with E-state index in [9.17, 15) is 9.18 Å². The molecular weight excluding hydrogens is 387 g/mol. The number of aryl methyl sites for hydroxylation is 2. The minimum Gasteiger partial charge on any atom is -0.467 e. The van der Waals surface area contributed by atoms with E-state index in [0.29, 0.717) is 22.5 Å². The average Bonchev–Trinajstić information content (AvgIpc) is 3.14. The number of amides is 1. The highest BCUT2D eigenvalue weighted by atomic mass is 19.1. The largest absolute Gasteiger partial charge is 0.467 e. The van der Waals surface area contributed by atoms with Gasteiger partial charge in [0.25, 0.3) is 11.6 Å². The van der Waals surface area contributed by atoms with Gasteiger partial charge in [0.15, 0.2) is 6.61 Å². The molecule has 0 aliphatic carbocycles. The van der Waals surface area contributed by atoms with Gasteiger partial charge in [0, 0.05) is 11.3 Å². The summed E-state index contributed by atoms with van der Waals surface area (Å²) in [5.41, 5.74) is 4.05. The Labute approximate surface area is 171 Å². The van der Waals surface area contributed by atoms with Crippen LogP contribution in [-0.2, 0) is 4.79 Å². The normalized spacial score (nSPS) is 10.9. The molecule has 2 aromatic heterocycles. The van der Waals surface area contributed by atoms with E-state index in [4.69, 9.17) is 9.26 Å². The predicted octanol–water partition coefficient (Wildman–Crippen LogP) is 4.37. The lowest BCUT2D eigenvalue weighted by Gasteiger charge is -2.11. The maximum absolute atomic E-state index is 13.3. The summed E-state index contributed by atoms with van der Waals surface area (Å²) in [5, 5.41) is 7.30. The molecule has 0 spiro atoms. The Bertz CT molecular complexity index is 1240. The number of carbonyl (C=O) groups excluding carboxylic acids is 1. The molecule has 1 amide bonds. The Morgan fingerprint density at radius 3 is 2.63 bits per heavy atom. The summed E-state index contributed by atoms with van der Waals surface area (Å²) in [6.07, 6.45) is 0. The summed E-state index contributed by atoms with van der Waals surface area (Å²) in [6.45, 7) is 5.34. The van der Waals surface area contributed by atoms with Crippen molar-refractivity contribution in [2.45, 2.75) is 20.8 Å². The van der Waals surface area contributed by atoms with Gasteiger partial charge < -0.3 is 14.6 Å². The molecule has 2 aromatic carbocycles. The SMILES string of the molecule is Cc1nc(OCC(=O)Nc2cccc(C)c2C)c2c(-c3ccc(F)cc3)noc2n1. The summed E-state index contributed by atoms with van der Waals surface area (Å²) in [6, 6.07) is 11.5. The number of fused-ring (bicyclic) bond motifs is 1. The first-order valence-electron chi connectivity index (χ1n) is 9.31. The molecule has 0 radical (unpaired) electrons. The van der Waals surface area contributed by atoms with E-state index in [-0.39, 0.29) is 29.9 Å². The number of carbonyl (C=O) groups is 1. The molecule has 0 saturated heterocycles. The van der Waals surface area contributed by atoms with Crippen LogP contribution >= 0.6 is 0 Å². The molecule has 8 heteroatoms. The highest BCUT2D eigenvalue weighted by molar-refractivity contribution is 5.95. The van der Waals surface area contributed by atoms with Crippen LogP contribution < -0.4 is 10.1 Å². The van der Waals surface area contributed by atoms with Crippen LogP contribution in [0.4, 0.5) is 10.1 Å². The van der Waals surface area contributed by atoms with Crippen LogP contribution in [0.5, 0.6) is 5.88 Å². The number of hydrogen-bond donors (Lipinski definition) is 1. The van der Waals surface area contributed by atoms with E-state index in [0.717, 1.165) is 16.8 Å². The van der Waals surface area contributed by atoms with Crippen LogP contribution in [0.3, 0.4) is 0 Å². The molecule has 0 fully saturated rings. The summed E-state index contributed by atoms with van der Waals surface area (Å²) in [7, 11) is 0. The standard InChI is InChI=1S/C22H19FN4O3/c1-12-5-4-6-17(13(12)2)26-18(28)11-29-21-19-20(15-7-9-16(23)10-8-15)27-30-22(19)25-14(3)24-21/h4-10H,11H2,1-3H3,(H,26,28). The van der Waals surface area contributed by atoms with Crippen molar-refractivity contribution in [3.8, 4) is 17.1 Å². The molecule has 0 saturated carbocycles. The Morgan fingerprint density at radius 1 is 1.10 bits per heavy atom. The van der Waals surface area contributed by atoms with E-state index in [2.05, 4.69) is 20.4 Å². The number of hydrogen-bond acceptors (Lipinski definition) is 6. The molecule has 0 bridgehead atoms. The van der Waals surface area contributed by atoms with Gasteiger partial charge in [-0.3, -0.25) is 4.79 Å². The zero-order valence-corrected chi connectivity index (χ0v) is 16.7. The monoisotopic (exact) mass is 406 g/mol. The first kappa shape index (κ1) is 19.5. The van der Waals surface area contributed by atoms with Gasteiger partial charge in [-0.05, 0) is 62.2 Å². The predicted molar refractivity (Wildman–Crippen MR) is 110 cm³/mol. The third-order valence-corrected chi connectivity index (χ3v) is 4.75. The van der Waals surface area contributed by atoms with E-state index in [1.165, 1.54) is 12.1 Å². The second-order valence-corrected chi connectivity index (χ2v) is 6.88. The van der Waals surface area contributed by atoms with Crippen molar-refractivity contribution in [1.29, 1.82) is 0 Å².